The molecule has 0 fully saturated rings. The number of nitrogens with zero attached hydrogens (tertiary/aromatic N) is 1. The van der Waals surface area contributed by atoms with Gasteiger partial charge in [-0.05, 0) is 61.0 Å². The molecule has 0 unspecified atom stereocenters. The van der Waals surface area contributed by atoms with Crippen LogP contribution >= 0.6 is 0 Å². The number of nitrogens with one attached hydrogen (secondary N) is 3. The summed E-state index contributed by atoms with van der Waals surface area (Å²) in [7, 11) is -1.23. The Morgan fingerprint density at radius 2 is 1.54 bits per heavy atom. The highest BCUT2D eigenvalue weighted by Gasteiger charge is 2.27. The molecule has 3 amide bonds. The number of likely N-dealkylation sites (N-methyl/N-ethyl adjacent to an activating group) is 1. The predicted octanol–water partition coefficient (Wildman–Crippen LogP) is 3.13. The maximum atomic E-state index is 13.3. The Morgan fingerprint density at radius 3 is 2.11 bits per heavy atom. The average Bonchev–Trinajstić information content (AvgIpc) is 2.87. The molecule has 0 heterocycles. The molecule has 10 nitrogen and oxygen atoms in total. The van der Waals surface area contributed by atoms with Crippen molar-refractivity contribution >= 4 is 39.3 Å². The SMILES string of the molecule is COc1ccc(N(C)C(=O)[C@H](Cc2ccccc2)NC(=O)NS(=O)(=O)Nc2ccc(C(C)=O)cc2)cc1. The number of ketones is 1. The smallest absolute Gasteiger partial charge is 0.330 e. The number of carbonyl (C=O) groups is 3. The lowest BCUT2D eigenvalue weighted by Gasteiger charge is -2.25. The first kappa shape index (κ1) is 27.2. The van der Waals surface area contributed by atoms with Crippen LogP contribution in [0, 0.1) is 0 Å². The molecule has 3 aromatic carbocycles. The van der Waals surface area contributed by atoms with Crippen molar-refractivity contribution in [2.45, 2.75) is 19.4 Å². The molecule has 3 N–H and O–H groups in total. The van der Waals surface area contributed by atoms with E-state index in [2.05, 4.69) is 10.0 Å². The minimum Gasteiger partial charge on any atom is -0.497 e. The molecule has 0 saturated carbocycles. The standard InChI is InChI=1S/C26H28N4O6S/c1-18(31)20-9-11-21(12-10-20)28-37(34,35)29-26(33)27-24(17-19-7-5-4-6-8-19)25(32)30(2)22-13-15-23(36-3)16-14-22/h4-16,24,28H,17H2,1-3H3,(H2,27,29,33)/t24-/m0/s1. The third kappa shape index (κ3) is 7.80. The molecule has 1 atom stereocenters. The Morgan fingerprint density at radius 1 is 0.919 bits per heavy atom. The predicted molar refractivity (Wildman–Crippen MR) is 141 cm³/mol. The van der Waals surface area contributed by atoms with Gasteiger partial charge in [-0.15, -0.1) is 0 Å². The first-order valence-corrected chi connectivity index (χ1v) is 12.7. The minimum atomic E-state index is -4.33. The fourth-order valence-corrected chi connectivity index (χ4v) is 4.28. The van der Waals surface area contributed by atoms with Gasteiger partial charge in [0.15, 0.2) is 5.78 Å². The van der Waals surface area contributed by atoms with Crippen molar-refractivity contribution in [1.82, 2.24) is 10.0 Å². The molecule has 37 heavy (non-hydrogen) atoms. The van der Waals surface area contributed by atoms with E-state index >= 15 is 0 Å². The number of anilines is 2. The van der Waals surface area contributed by atoms with Crippen LogP contribution < -0.4 is 24.4 Å². The maximum absolute atomic E-state index is 13.3. The Labute approximate surface area is 215 Å². The van der Waals surface area contributed by atoms with Crippen molar-refractivity contribution in [2.75, 3.05) is 23.8 Å². The zero-order valence-corrected chi connectivity index (χ0v) is 21.4. The number of benzene rings is 3. The summed E-state index contributed by atoms with van der Waals surface area (Å²) in [4.78, 5) is 38.8. The molecule has 0 aliphatic heterocycles. The number of ether oxygens (including phenoxy) is 1. The van der Waals surface area contributed by atoms with E-state index in [-0.39, 0.29) is 17.9 Å². The van der Waals surface area contributed by atoms with Gasteiger partial charge in [0, 0.05) is 24.7 Å². The number of amides is 3. The van der Waals surface area contributed by atoms with E-state index in [0.29, 0.717) is 17.0 Å². The van der Waals surface area contributed by atoms with Crippen LogP contribution in [0.1, 0.15) is 22.8 Å². The Hall–Kier alpha value is -4.38. The van der Waals surface area contributed by atoms with Gasteiger partial charge in [-0.3, -0.25) is 14.3 Å². The summed E-state index contributed by atoms with van der Waals surface area (Å²) in [6, 6.07) is 19.4. The lowest BCUT2D eigenvalue weighted by atomic mass is 10.0. The van der Waals surface area contributed by atoms with Gasteiger partial charge in [-0.2, -0.15) is 8.42 Å². The summed E-state index contributed by atoms with van der Waals surface area (Å²) < 4.78 is 34.2. The highest BCUT2D eigenvalue weighted by Crippen LogP contribution is 2.19. The van der Waals surface area contributed by atoms with Crippen LogP contribution in [0.2, 0.25) is 0 Å². The molecular weight excluding hydrogens is 496 g/mol. The van der Waals surface area contributed by atoms with Gasteiger partial charge in [0.25, 0.3) is 0 Å². The second kappa shape index (κ2) is 12.0. The fraction of sp³-hybridized carbons (Fsp3) is 0.192. The number of hydrogen-bond donors (Lipinski definition) is 3. The molecule has 3 aromatic rings. The highest BCUT2D eigenvalue weighted by molar-refractivity contribution is 7.91. The number of Topliss-reactive ketones (excluding diaryl/α,β-unsaturated/α-hetero) is 1. The molecule has 11 heteroatoms. The van der Waals surface area contributed by atoms with Gasteiger partial charge >= 0.3 is 16.2 Å². The monoisotopic (exact) mass is 524 g/mol. The second-order valence-electron chi connectivity index (χ2n) is 8.15. The third-order valence-electron chi connectivity index (χ3n) is 5.45. The maximum Gasteiger partial charge on any atom is 0.330 e. The highest BCUT2D eigenvalue weighted by atomic mass is 32.2. The number of hydrogen-bond acceptors (Lipinski definition) is 6. The Bertz CT molecular complexity index is 1340. The van der Waals surface area contributed by atoms with E-state index < -0.39 is 28.2 Å². The molecule has 0 aromatic heterocycles. The van der Waals surface area contributed by atoms with Gasteiger partial charge in [-0.1, -0.05) is 30.3 Å². The zero-order valence-electron chi connectivity index (χ0n) is 20.6. The third-order valence-corrected chi connectivity index (χ3v) is 6.41. The van der Waals surface area contributed by atoms with Crippen molar-refractivity contribution in [1.29, 1.82) is 0 Å². The summed E-state index contributed by atoms with van der Waals surface area (Å²) in [5.74, 6) is 0.00608. The molecular formula is C26H28N4O6S. The fourth-order valence-electron chi connectivity index (χ4n) is 3.48. The molecule has 194 valence electrons. The van der Waals surface area contributed by atoms with E-state index in [4.69, 9.17) is 4.74 Å². The van der Waals surface area contributed by atoms with E-state index in [1.165, 1.54) is 43.2 Å². The largest absolute Gasteiger partial charge is 0.497 e. The normalized spacial score (nSPS) is 11.6. The van der Waals surface area contributed by atoms with Crippen LogP contribution in [-0.4, -0.2) is 46.3 Å². The van der Waals surface area contributed by atoms with Crippen LogP contribution in [0.3, 0.4) is 0 Å². The van der Waals surface area contributed by atoms with Gasteiger partial charge in [0.2, 0.25) is 5.91 Å². The van der Waals surface area contributed by atoms with Crippen molar-refractivity contribution < 1.29 is 27.5 Å². The summed E-state index contributed by atoms with van der Waals surface area (Å²) in [6.07, 6.45) is 0.133. The zero-order chi connectivity index (χ0) is 27.0. The quantitative estimate of drug-likeness (QED) is 0.349. The lowest BCUT2D eigenvalue weighted by molar-refractivity contribution is -0.120. The van der Waals surface area contributed by atoms with Crippen molar-refractivity contribution in [3.63, 3.8) is 0 Å². The van der Waals surface area contributed by atoms with Crippen molar-refractivity contribution in [3.05, 3.63) is 90.0 Å². The molecule has 0 bridgehead atoms. The summed E-state index contributed by atoms with van der Waals surface area (Å²) in [5.41, 5.74) is 1.91. The molecule has 0 spiro atoms. The first-order chi connectivity index (χ1) is 17.6. The van der Waals surface area contributed by atoms with Crippen LogP contribution in [0.25, 0.3) is 0 Å². The number of carbonyl (C=O) groups excluding carboxylic acids is 3. The van der Waals surface area contributed by atoms with Crippen LogP contribution in [0.4, 0.5) is 16.2 Å². The molecule has 3 rings (SSSR count). The summed E-state index contributed by atoms with van der Waals surface area (Å²) >= 11 is 0. The van der Waals surface area contributed by atoms with Crippen LogP contribution in [0.5, 0.6) is 5.75 Å². The Kier molecular flexibility index (Phi) is 8.86. The summed E-state index contributed by atoms with van der Waals surface area (Å²) in [6.45, 7) is 1.39. The number of methoxy groups -OCH3 is 1. The van der Waals surface area contributed by atoms with Gasteiger partial charge in [0.05, 0.1) is 12.8 Å². The molecule has 0 aliphatic carbocycles. The van der Waals surface area contributed by atoms with Crippen LogP contribution in [-0.2, 0) is 21.4 Å². The van der Waals surface area contributed by atoms with Gasteiger partial charge in [0.1, 0.15) is 11.8 Å². The Balaban J connectivity index is 1.73. The average molecular weight is 525 g/mol. The van der Waals surface area contributed by atoms with E-state index in [9.17, 15) is 22.8 Å². The second-order valence-corrected chi connectivity index (χ2v) is 9.57. The molecule has 0 radical (unpaired) electrons. The lowest BCUT2D eigenvalue weighted by Crippen LogP contribution is -2.53. The van der Waals surface area contributed by atoms with Crippen molar-refractivity contribution in [2.24, 2.45) is 0 Å². The van der Waals surface area contributed by atoms with Crippen molar-refractivity contribution in [3.8, 4) is 5.75 Å². The minimum absolute atomic E-state index is 0.133. The van der Waals surface area contributed by atoms with E-state index in [0.717, 1.165) is 5.56 Å². The molecule has 0 saturated heterocycles. The van der Waals surface area contributed by atoms with Gasteiger partial charge in [-0.25, -0.2) is 9.52 Å². The van der Waals surface area contributed by atoms with Gasteiger partial charge < -0.3 is 15.0 Å². The summed E-state index contributed by atoms with van der Waals surface area (Å²) in [5, 5.41) is 2.47. The topological polar surface area (TPSA) is 134 Å². The van der Waals surface area contributed by atoms with E-state index in [1.807, 2.05) is 10.8 Å². The number of urea groups is 1. The van der Waals surface area contributed by atoms with E-state index in [1.54, 1.807) is 55.6 Å². The number of rotatable bonds is 10. The van der Waals surface area contributed by atoms with Crippen LogP contribution in [0.15, 0.2) is 78.9 Å². The molecule has 0 aliphatic rings. The first-order valence-electron chi connectivity index (χ1n) is 11.3.